The van der Waals surface area contributed by atoms with Crippen LogP contribution in [0.4, 0.5) is 0 Å². The molecule has 5 heteroatoms. The maximum Gasteiger partial charge on any atom is 0.251 e. The molecule has 154 valence electrons. The normalized spacial score (nSPS) is 12.0. The number of rotatable bonds is 13. The second-order valence-electron chi connectivity index (χ2n) is 8.24. The van der Waals surface area contributed by atoms with E-state index in [0.717, 1.165) is 44.8 Å². The third-order valence-electron chi connectivity index (χ3n) is 4.71. The number of amides is 1. The molecular formula is C22H40N4O. The molecule has 0 radical (unpaired) electrons. The lowest BCUT2D eigenvalue weighted by atomic mass is 10.0. The average Bonchev–Trinajstić information content (AvgIpc) is 2.64. The van der Waals surface area contributed by atoms with Crippen molar-refractivity contribution in [1.82, 2.24) is 20.9 Å². The maximum absolute atomic E-state index is 12.2. The Morgan fingerprint density at radius 2 is 1.74 bits per heavy atom. The fraction of sp³-hybridized carbons (Fsp3) is 0.682. The third kappa shape index (κ3) is 9.89. The van der Waals surface area contributed by atoms with Gasteiger partial charge in [0.2, 0.25) is 0 Å². The molecule has 0 aliphatic heterocycles. The molecule has 0 aliphatic carbocycles. The highest BCUT2D eigenvalue weighted by Gasteiger charge is 2.16. The number of benzene rings is 1. The topological polar surface area (TPSA) is 56.4 Å². The van der Waals surface area contributed by atoms with Gasteiger partial charge in [0.25, 0.3) is 5.91 Å². The lowest BCUT2D eigenvalue weighted by molar-refractivity contribution is 0.0949. The molecule has 0 atom stereocenters. The van der Waals surface area contributed by atoms with Crippen molar-refractivity contribution in [2.75, 3.05) is 39.3 Å². The molecule has 0 aromatic heterocycles. The number of likely N-dealkylation sites (N-methyl/N-ethyl adjacent to an activating group) is 1. The van der Waals surface area contributed by atoms with Crippen LogP contribution in [-0.2, 0) is 6.54 Å². The van der Waals surface area contributed by atoms with Gasteiger partial charge >= 0.3 is 0 Å². The Morgan fingerprint density at radius 1 is 1.11 bits per heavy atom. The van der Waals surface area contributed by atoms with E-state index in [4.69, 9.17) is 0 Å². The molecule has 0 aliphatic rings. The molecule has 0 saturated carbocycles. The standard InChI is InChI=1S/C22H40N4O/c1-7-26(8-2)14-13-24-21(27)20-11-9-19(10-12-20)16-23-17-22(5,6)25-15-18(3)4/h9-12,18,23,25H,7-8,13-17H2,1-6H3,(H,24,27). The first-order valence-corrected chi connectivity index (χ1v) is 10.3. The van der Waals surface area contributed by atoms with Crippen molar-refractivity contribution in [2.24, 2.45) is 5.92 Å². The van der Waals surface area contributed by atoms with Gasteiger partial charge < -0.3 is 20.9 Å². The van der Waals surface area contributed by atoms with E-state index in [1.807, 2.05) is 24.3 Å². The molecule has 0 bridgehead atoms. The Hall–Kier alpha value is -1.43. The molecule has 1 aromatic rings. The fourth-order valence-electron chi connectivity index (χ4n) is 2.81. The molecular weight excluding hydrogens is 336 g/mol. The molecule has 1 rings (SSSR count). The van der Waals surface area contributed by atoms with E-state index in [1.165, 1.54) is 5.56 Å². The van der Waals surface area contributed by atoms with Crippen LogP contribution in [0.2, 0.25) is 0 Å². The van der Waals surface area contributed by atoms with Crippen molar-refractivity contribution in [3.63, 3.8) is 0 Å². The minimum Gasteiger partial charge on any atom is -0.351 e. The smallest absolute Gasteiger partial charge is 0.251 e. The molecule has 0 unspecified atom stereocenters. The van der Waals surface area contributed by atoms with Crippen molar-refractivity contribution in [1.29, 1.82) is 0 Å². The van der Waals surface area contributed by atoms with Crippen molar-refractivity contribution >= 4 is 5.91 Å². The summed E-state index contributed by atoms with van der Waals surface area (Å²) in [6.07, 6.45) is 0. The SMILES string of the molecule is CCN(CC)CCNC(=O)c1ccc(CNCC(C)(C)NCC(C)C)cc1. The Bertz CT molecular complexity index is 536. The van der Waals surface area contributed by atoms with Crippen LogP contribution in [0.3, 0.4) is 0 Å². The molecule has 27 heavy (non-hydrogen) atoms. The lowest BCUT2D eigenvalue weighted by Crippen LogP contribution is -2.48. The highest BCUT2D eigenvalue weighted by molar-refractivity contribution is 5.94. The van der Waals surface area contributed by atoms with Gasteiger partial charge in [0.05, 0.1) is 0 Å². The highest BCUT2D eigenvalue weighted by atomic mass is 16.1. The molecule has 0 fully saturated rings. The molecule has 1 amide bonds. The molecule has 0 saturated heterocycles. The van der Waals surface area contributed by atoms with E-state index in [-0.39, 0.29) is 11.4 Å². The van der Waals surface area contributed by atoms with E-state index in [9.17, 15) is 4.79 Å². The van der Waals surface area contributed by atoms with Gasteiger partial charge in [0.1, 0.15) is 0 Å². The van der Waals surface area contributed by atoms with Gasteiger partial charge in [-0.05, 0) is 57.1 Å². The first-order valence-electron chi connectivity index (χ1n) is 10.3. The number of carbonyl (C=O) groups excluding carboxylic acids is 1. The molecule has 5 nitrogen and oxygen atoms in total. The van der Waals surface area contributed by atoms with Crippen molar-refractivity contribution in [2.45, 2.75) is 53.6 Å². The Kier molecular flexibility index (Phi) is 10.6. The van der Waals surface area contributed by atoms with E-state index in [0.29, 0.717) is 12.5 Å². The summed E-state index contributed by atoms with van der Waals surface area (Å²) in [5.41, 5.74) is 1.97. The maximum atomic E-state index is 12.2. The minimum absolute atomic E-state index is 0.000633. The van der Waals surface area contributed by atoms with E-state index in [1.54, 1.807) is 0 Å². The summed E-state index contributed by atoms with van der Waals surface area (Å²) in [5.74, 6) is 0.649. The van der Waals surface area contributed by atoms with Gasteiger partial charge in [-0.3, -0.25) is 4.79 Å². The summed E-state index contributed by atoms with van der Waals surface area (Å²) in [6, 6.07) is 7.87. The first kappa shape index (κ1) is 23.6. The predicted molar refractivity (Wildman–Crippen MR) is 115 cm³/mol. The van der Waals surface area contributed by atoms with E-state index in [2.05, 4.69) is 62.4 Å². The highest BCUT2D eigenvalue weighted by Crippen LogP contribution is 2.06. The van der Waals surface area contributed by atoms with E-state index < -0.39 is 0 Å². The van der Waals surface area contributed by atoms with Crippen molar-refractivity contribution in [3.05, 3.63) is 35.4 Å². The second kappa shape index (κ2) is 12.1. The Morgan fingerprint density at radius 3 is 2.30 bits per heavy atom. The van der Waals surface area contributed by atoms with Gasteiger partial charge in [-0.1, -0.05) is 39.8 Å². The van der Waals surface area contributed by atoms with Crippen molar-refractivity contribution in [3.8, 4) is 0 Å². The molecule has 1 aromatic carbocycles. The van der Waals surface area contributed by atoms with E-state index >= 15 is 0 Å². The number of hydrogen-bond acceptors (Lipinski definition) is 4. The predicted octanol–water partition coefficient (Wildman–Crippen LogP) is 2.87. The number of nitrogens with one attached hydrogen (secondary N) is 3. The zero-order valence-electron chi connectivity index (χ0n) is 18.2. The molecule has 3 N–H and O–H groups in total. The zero-order valence-corrected chi connectivity index (χ0v) is 18.2. The first-order chi connectivity index (χ1) is 12.8. The number of carbonyl (C=O) groups is 1. The quantitative estimate of drug-likeness (QED) is 0.495. The molecule has 0 heterocycles. The third-order valence-corrected chi connectivity index (χ3v) is 4.71. The van der Waals surface area contributed by atoms with Crippen molar-refractivity contribution < 1.29 is 4.79 Å². The van der Waals surface area contributed by atoms with Gasteiger partial charge in [0.15, 0.2) is 0 Å². The minimum atomic E-state index is 0.000633. The largest absolute Gasteiger partial charge is 0.351 e. The summed E-state index contributed by atoms with van der Waals surface area (Å²) in [4.78, 5) is 14.5. The molecule has 0 spiro atoms. The van der Waals surface area contributed by atoms with Crippen LogP contribution in [0, 0.1) is 5.92 Å². The van der Waals surface area contributed by atoms with Crippen LogP contribution in [0.25, 0.3) is 0 Å². The van der Waals surface area contributed by atoms with Crippen LogP contribution in [0.1, 0.15) is 57.5 Å². The van der Waals surface area contributed by atoms with Crippen LogP contribution >= 0.6 is 0 Å². The summed E-state index contributed by atoms with van der Waals surface area (Å²) >= 11 is 0. The lowest BCUT2D eigenvalue weighted by Gasteiger charge is -2.28. The number of nitrogens with zero attached hydrogens (tertiary/aromatic N) is 1. The summed E-state index contributed by atoms with van der Waals surface area (Å²) in [6.45, 7) is 19.5. The van der Waals surface area contributed by atoms with Gasteiger partial charge in [0, 0.05) is 37.3 Å². The monoisotopic (exact) mass is 376 g/mol. The summed E-state index contributed by atoms with van der Waals surface area (Å²) in [7, 11) is 0. The second-order valence-corrected chi connectivity index (χ2v) is 8.24. The van der Waals surface area contributed by atoms with Gasteiger partial charge in [-0.25, -0.2) is 0 Å². The average molecular weight is 377 g/mol. The fourth-order valence-corrected chi connectivity index (χ4v) is 2.81. The summed E-state index contributed by atoms with van der Waals surface area (Å²) in [5, 5.41) is 10.1. The van der Waals surface area contributed by atoms with Gasteiger partial charge in [-0.15, -0.1) is 0 Å². The van der Waals surface area contributed by atoms with Gasteiger partial charge in [-0.2, -0.15) is 0 Å². The number of hydrogen-bond donors (Lipinski definition) is 3. The Labute approximate surface area is 166 Å². The Balaban J connectivity index is 2.37. The van der Waals surface area contributed by atoms with Crippen LogP contribution in [-0.4, -0.2) is 55.6 Å². The zero-order chi connectivity index (χ0) is 20.3. The summed E-state index contributed by atoms with van der Waals surface area (Å²) < 4.78 is 0. The van der Waals surface area contributed by atoms with Crippen LogP contribution < -0.4 is 16.0 Å². The van der Waals surface area contributed by atoms with Crippen LogP contribution in [0.15, 0.2) is 24.3 Å². The van der Waals surface area contributed by atoms with Crippen LogP contribution in [0.5, 0.6) is 0 Å².